The van der Waals surface area contributed by atoms with E-state index in [9.17, 15) is 24.8 Å². The number of anilines is 1. The number of ether oxygens (including phenoxy) is 1. The third-order valence-corrected chi connectivity index (χ3v) is 5.89. The quantitative estimate of drug-likeness (QED) is 0.440. The minimum Gasteiger partial charge on any atom is -0.444 e. The molecule has 37 heavy (non-hydrogen) atoms. The van der Waals surface area contributed by atoms with Gasteiger partial charge in [0.2, 0.25) is 5.91 Å². The molecule has 2 aromatic rings. The molecule has 3 amide bonds. The Morgan fingerprint density at radius 2 is 1.78 bits per heavy atom. The normalized spacial score (nSPS) is 12.6. The lowest BCUT2D eigenvalue weighted by Crippen LogP contribution is -2.54. The molecule has 9 nitrogen and oxygen atoms in total. The molecule has 0 bridgehead atoms. The highest BCUT2D eigenvalue weighted by Gasteiger charge is 2.36. The lowest BCUT2D eigenvalue weighted by Gasteiger charge is -2.32. The number of rotatable bonds is 8. The second-order valence-electron chi connectivity index (χ2n) is 9.67. The molecule has 2 atom stereocenters. The number of aliphatic hydroxyl groups is 1. The molecule has 0 saturated heterocycles. The van der Waals surface area contributed by atoms with Crippen LogP contribution < -0.4 is 10.6 Å². The molecule has 0 heterocycles. The van der Waals surface area contributed by atoms with Crippen molar-refractivity contribution in [3.05, 3.63) is 63.7 Å². The Labute approximate surface area is 222 Å². The first-order valence-electron chi connectivity index (χ1n) is 11.7. The van der Waals surface area contributed by atoms with Gasteiger partial charge in [0.05, 0.1) is 23.4 Å². The molecule has 2 rings (SSSR count). The Balaban J connectivity index is 2.53. The number of nitrogens with one attached hydrogen (secondary N) is 2. The molecule has 0 aromatic heterocycles. The predicted molar refractivity (Wildman–Crippen MR) is 141 cm³/mol. The van der Waals surface area contributed by atoms with Crippen LogP contribution in [-0.2, 0) is 14.3 Å². The van der Waals surface area contributed by atoms with Crippen LogP contribution >= 0.6 is 11.6 Å². The van der Waals surface area contributed by atoms with Crippen molar-refractivity contribution in [2.45, 2.75) is 59.2 Å². The van der Waals surface area contributed by atoms with E-state index >= 15 is 0 Å². The van der Waals surface area contributed by atoms with E-state index in [2.05, 4.69) is 10.6 Å². The van der Waals surface area contributed by atoms with Crippen LogP contribution in [0.2, 0.25) is 5.02 Å². The van der Waals surface area contributed by atoms with Crippen molar-refractivity contribution in [3.8, 4) is 6.07 Å². The predicted octanol–water partition coefficient (Wildman–Crippen LogP) is 4.18. The van der Waals surface area contributed by atoms with Gasteiger partial charge in [-0.05, 0) is 69.9 Å². The fourth-order valence-corrected chi connectivity index (χ4v) is 3.87. The summed E-state index contributed by atoms with van der Waals surface area (Å²) in [7, 11) is 0. The van der Waals surface area contributed by atoms with E-state index < -0.39 is 48.7 Å². The van der Waals surface area contributed by atoms with Crippen LogP contribution in [0.25, 0.3) is 0 Å². The van der Waals surface area contributed by atoms with E-state index in [0.717, 1.165) is 16.0 Å². The standard InChI is InChI=1S/C27H33ClN4O5/c1-16-10-11-19(14-18(16)3)23(24(34)31-22-17(2)8-7-9-20(22)28)32(13-12-29)25(35)21(15-33)30-26(36)37-27(4,5)6/h7-11,14,21,23,33H,13,15H2,1-6H3,(H,30,36)(H,31,34). The number of aliphatic hydroxyl groups excluding tert-OH is 1. The van der Waals surface area contributed by atoms with Crippen molar-refractivity contribution < 1.29 is 24.2 Å². The summed E-state index contributed by atoms with van der Waals surface area (Å²) in [5.74, 6) is -1.44. The first-order chi connectivity index (χ1) is 17.3. The van der Waals surface area contributed by atoms with E-state index in [0.29, 0.717) is 21.8 Å². The monoisotopic (exact) mass is 528 g/mol. The number of alkyl carbamates (subject to hydrolysis) is 1. The summed E-state index contributed by atoms with van der Waals surface area (Å²) in [6.45, 7) is 9.25. The summed E-state index contributed by atoms with van der Waals surface area (Å²) in [6.07, 6.45) is -0.921. The van der Waals surface area contributed by atoms with E-state index in [1.165, 1.54) is 0 Å². The zero-order chi connectivity index (χ0) is 27.9. The fraction of sp³-hybridized carbons (Fsp3) is 0.407. The van der Waals surface area contributed by atoms with Crippen LogP contribution in [0, 0.1) is 32.1 Å². The topological polar surface area (TPSA) is 132 Å². The summed E-state index contributed by atoms with van der Waals surface area (Å²) in [5, 5.41) is 24.9. The van der Waals surface area contributed by atoms with Gasteiger partial charge in [-0.15, -0.1) is 0 Å². The SMILES string of the molecule is Cc1ccc(C(C(=O)Nc2c(C)cccc2Cl)N(CC#N)C(=O)C(CO)NC(=O)OC(C)(C)C)cc1C. The highest BCUT2D eigenvalue weighted by Crippen LogP contribution is 2.30. The van der Waals surface area contributed by atoms with Gasteiger partial charge in [-0.3, -0.25) is 9.59 Å². The van der Waals surface area contributed by atoms with Crippen molar-refractivity contribution in [2.24, 2.45) is 0 Å². The Morgan fingerprint density at radius 1 is 1.11 bits per heavy atom. The fourth-order valence-electron chi connectivity index (χ4n) is 3.60. The van der Waals surface area contributed by atoms with Crippen LogP contribution in [0.3, 0.4) is 0 Å². The van der Waals surface area contributed by atoms with Crippen molar-refractivity contribution in [3.63, 3.8) is 0 Å². The van der Waals surface area contributed by atoms with Gasteiger partial charge in [-0.2, -0.15) is 5.26 Å². The van der Waals surface area contributed by atoms with Gasteiger partial charge in [0, 0.05) is 0 Å². The number of halogens is 1. The second-order valence-corrected chi connectivity index (χ2v) is 10.1. The average Bonchev–Trinajstić information content (AvgIpc) is 2.80. The number of aryl methyl sites for hydroxylation is 3. The van der Waals surface area contributed by atoms with E-state index in [1.807, 2.05) is 26.0 Å². The Hall–Kier alpha value is -3.61. The summed E-state index contributed by atoms with van der Waals surface area (Å²) in [5.41, 5.74) is 2.54. The second kappa shape index (κ2) is 12.6. The van der Waals surface area contributed by atoms with E-state index in [4.69, 9.17) is 16.3 Å². The largest absolute Gasteiger partial charge is 0.444 e. The maximum absolute atomic E-state index is 13.7. The highest BCUT2D eigenvalue weighted by atomic mass is 35.5. The van der Waals surface area contributed by atoms with E-state index in [-0.39, 0.29) is 0 Å². The van der Waals surface area contributed by atoms with Gasteiger partial charge < -0.3 is 25.4 Å². The number of carbonyl (C=O) groups excluding carboxylic acids is 3. The molecule has 2 aromatic carbocycles. The molecule has 0 radical (unpaired) electrons. The van der Waals surface area contributed by atoms with Crippen molar-refractivity contribution in [2.75, 3.05) is 18.5 Å². The summed E-state index contributed by atoms with van der Waals surface area (Å²) in [6, 6.07) is 9.59. The number of nitriles is 1. The van der Waals surface area contributed by atoms with E-state index in [1.54, 1.807) is 58.0 Å². The van der Waals surface area contributed by atoms with Crippen LogP contribution in [0.1, 0.15) is 49.1 Å². The lowest BCUT2D eigenvalue weighted by molar-refractivity contribution is -0.140. The number of amides is 3. The summed E-state index contributed by atoms with van der Waals surface area (Å²) in [4.78, 5) is 40.6. The molecule has 0 fully saturated rings. The molecule has 0 spiro atoms. The third kappa shape index (κ3) is 7.94. The number of para-hydroxylation sites is 1. The maximum Gasteiger partial charge on any atom is 0.408 e. The summed E-state index contributed by atoms with van der Waals surface area (Å²) < 4.78 is 5.20. The molecule has 0 aliphatic heterocycles. The number of hydrogen-bond acceptors (Lipinski definition) is 6. The number of benzene rings is 2. The Kier molecular flexibility index (Phi) is 10.1. The molecule has 0 saturated carbocycles. The van der Waals surface area contributed by atoms with Crippen LogP contribution in [0.15, 0.2) is 36.4 Å². The van der Waals surface area contributed by atoms with Crippen molar-refractivity contribution in [1.82, 2.24) is 10.2 Å². The number of hydrogen-bond donors (Lipinski definition) is 3. The minimum absolute atomic E-state index is 0.310. The van der Waals surface area contributed by atoms with Crippen molar-refractivity contribution >= 4 is 35.2 Å². The Bertz CT molecular complexity index is 1180. The zero-order valence-electron chi connectivity index (χ0n) is 21.9. The van der Waals surface area contributed by atoms with Gasteiger partial charge in [0.25, 0.3) is 5.91 Å². The highest BCUT2D eigenvalue weighted by molar-refractivity contribution is 6.34. The lowest BCUT2D eigenvalue weighted by atomic mass is 9.98. The smallest absolute Gasteiger partial charge is 0.408 e. The summed E-state index contributed by atoms with van der Waals surface area (Å²) >= 11 is 6.31. The number of carbonyl (C=O) groups is 3. The molecule has 198 valence electrons. The zero-order valence-corrected chi connectivity index (χ0v) is 22.6. The van der Waals surface area contributed by atoms with Gasteiger partial charge in [-0.25, -0.2) is 4.79 Å². The molecule has 10 heteroatoms. The van der Waals surface area contributed by atoms with Gasteiger partial charge in [-0.1, -0.05) is 41.9 Å². The minimum atomic E-state index is -1.45. The van der Waals surface area contributed by atoms with Gasteiger partial charge in [0.15, 0.2) is 0 Å². The molecular formula is C27H33ClN4O5. The molecule has 0 aliphatic rings. The van der Waals surface area contributed by atoms with Crippen LogP contribution in [0.4, 0.5) is 10.5 Å². The van der Waals surface area contributed by atoms with Crippen LogP contribution in [-0.4, -0.2) is 52.7 Å². The maximum atomic E-state index is 13.7. The van der Waals surface area contributed by atoms with Gasteiger partial charge in [0.1, 0.15) is 24.2 Å². The molecule has 3 N–H and O–H groups in total. The molecule has 2 unspecified atom stereocenters. The van der Waals surface area contributed by atoms with Crippen LogP contribution in [0.5, 0.6) is 0 Å². The molecule has 0 aliphatic carbocycles. The third-order valence-electron chi connectivity index (χ3n) is 5.57. The first-order valence-corrected chi connectivity index (χ1v) is 12.1. The average molecular weight is 529 g/mol. The first kappa shape index (κ1) is 29.6. The Morgan fingerprint density at radius 3 is 2.32 bits per heavy atom. The van der Waals surface area contributed by atoms with Crippen molar-refractivity contribution in [1.29, 1.82) is 5.26 Å². The molecular weight excluding hydrogens is 496 g/mol. The number of nitrogens with zero attached hydrogens (tertiary/aromatic N) is 2. The van der Waals surface area contributed by atoms with Gasteiger partial charge >= 0.3 is 6.09 Å².